The molecular formula is C11H9OSe. The molecule has 0 aliphatic carbocycles. The summed E-state index contributed by atoms with van der Waals surface area (Å²) >= 11 is 2.83. The maximum absolute atomic E-state index is 5.46. The van der Waals surface area contributed by atoms with Gasteiger partial charge in [-0.2, -0.15) is 0 Å². The Kier molecular flexibility index (Phi) is 2.53. The number of fused-ring (bicyclic) bond motifs is 1. The zero-order chi connectivity index (χ0) is 9.10. The van der Waals surface area contributed by atoms with E-state index in [0.717, 1.165) is 5.75 Å². The van der Waals surface area contributed by atoms with Gasteiger partial charge in [0.2, 0.25) is 0 Å². The fraction of sp³-hybridized carbons (Fsp3) is 0.0909. The van der Waals surface area contributed by atoms with Crippen LogP contribution in [0.15, 0.2) is 42.5 Å². The third kappa shape index (κ3) is 1.69. The molecule has 2 aromatic carbocycles. The van der Waals surface area contributed by atoms with Gasteiger partial charge in [-0.3, -0.25) is 0 Å². The standard InChI is InChI=1S/C11H9OSe/c13-8-12-11-7-3-5-9-4-1-2-6-10(9)11/h1-7H,8H2. The molecule has 0 fully saturated rings. The summed E-state index contributed by atoms with van der Waals surface area (Å²) in [4.78, 5) is 0. The topological polar surface area (TPSA) is 9.23 Å². The minimum atomic E-state index is 0.591. The van der Waals surface area contributed by atoms with Gasteiger partial charge in [-0.25, -0.2) is 0 Å². The van der Waals surface area contributed by atoms with E-state index >= 15 is 0 Å². The van der Waals surface area contributed by atoms with Crippen LogP contribution in [0.3, 0.4) is 0 Å². The summed E-state index contributed by atoms with van der Waals surface area (Å²) in [5.74, 6) is 0.942. The van der Waals surface area contributed by atoms with Gasteiger partial charge in [-0.15, -0.1) is 0 Å². The monoisotopic (exact) mass is 237 g/mol. The summed E-state index contributed by atoms with van der Waals surface area (Å²) in [5, 5.41) is 2.38. The average Bonchev–Trinajstić information content (AvgIpc) is 2.19. The first-order chi connectivity index (χ1) is 6.42. The molecule has 1 nitrogen and oxygen atoms in total. The fourth-order valence-electron chi connectivity index (χ4n) is 1.39. The van der Waals surface area contributed by atoms with Crippen LogP contribution < -0.4 is 4.74 Å². The van der Waals surface area contributed by atoms with Gasteiger partial charge < -0.3 is 0 Å². The zero-order valence-corrected chi connectivity index (χ0v) is 8.78. The second-order valence-corrected chi connectivity index (χ2v) is 3.23. The summed E-state index contributed by atoms with van der Waals surface area (Å²) in [5.41, 5.74) is 0.591. The minimum absolute atomic E-state index is 0.591. The first kappa shape index (κ1) is 8.61. The number of rotatable bonds is 2. The number of benzene rings is 2. The predicted molar refractivity (Wildman–Crippen MR) is 55.2 cm³/mol. The molecule has 0 bridgehead atoms. The van der Waals surface area contributed by atoms with Crippen molar-refractivity contribution in [2.45, 2.75) is 0 Å². The zero-order valence-electron chi connectivity index (χ0n) is 7.07. The Labute approximate surface area is 85.5 Å². The third-order valence-corrected chi connectivity index (χ3v) is 2.21. The molecule has 1 radical (unpaired) electrons. The van der Waals surface area contributed by atoms with Crippen LogP contribution in [-0.4, -0.2) is 21.5 Å². The first-order valence-electron chi connectivity index (χ1n) is 4.10. The van der Waals surface area contributed by atoms with E-state index in [4.69, 9.17) is 4.74 Å². The van der Waals surface area contributed by atoms with Crippen molar-refractivity contribution < 1.29 is 4.74 Å². The van der Waals surface area contributed by atoms with Gasteiger partial charge in [-0.1, -0.05) is 0 Å². The molecule has 0 heterocycles. The van der Waals surface area contributed by atoms with E-state index in [1.54, 1.807) is 0 Å². The van der Waals surface area contributed by atoms with Crippen LogP contribution in [0.25, 0.3) is 10.8 Å². The van der Waals surface area contributed by atoms with Crippen LogP contribution >= 0.6 is 0 Å². The molecular weight excluding hydrogens is 227 g/mol. The number of ether oxygens (including phenoxy) is 1. The third-order valence-electron chi connectivity index (χ3n) is 1.96. The number of hydrogen-bond donors (Lipinski definition) is 0. The summed E-state index contributed by atoms with van der Waals surface area (Å²) in [6.07, 6.45) is 0. The molecule has 0 N–H and O–H groups in total. The Morgan fingerprint density at radius 3 is 2.62 bits per heavy atom. The second kappa shape index (κ2) is 3.82. The van der Waals surface area contributed by atoms with E-state index in [1.165, 1.54) is 10.8 Å². The quantitative estimate of drug-likeness (QED) is 0.727. The van der Waals surface area contributed by atoms with Crippen LogP contribution in [0.4, 0.5) is 0 Å². The molecule has 0 saturated heterocycles. The second-order valence-electron chi connectivity index (χ2n) is 2.74. The van der Waals surface area contributed by atoms with Gasteiger partial charge in [0.15, 0.2) is 0 Å². The number of hydrogen-bond acceptors (Lipinski definition) is 1. The first-order valence-corrected chi connectivity index (χ1v) is 5.31. The fourth-order valence-corrected chi connectivity index (χ4v) is 1.65. The normalized spacial score (nSPS) is 10.2. The van der Waals surface area contributed by atoms with Gasteiger partial charge in [0.05, 0.1) is 0 Å². The maximum atomic E-state index is 5.46. The molecule has 0 spiro atoms. The average molecular weight is 236 g/mol. The van der Waals surface area contributed by atoms with Crippen molar-refractivity contribution in [1.82, 2.24) is 0 Å². The van der Waals surface area contributed by atoms with Crippen molar-refractivity contribution >= 4 is 26.8 Å². The molecule has 0 unspecified atom stereocenters. The molecule has 0 aromatic heterocycles. The Bertz CT molecular complexity index is 406. The van der Waals surface area contributed by atoms with Crippen molar-refractivity contribution in [1.29, 1.82) is 0 Å². The van der Waals surface area contributed by atoms with Crippen LogP contribution in [0.2, 0.25) is 0 Å². The van der Waals surface area contributed by atoms with E-state index in [9.17, 15) is 0 Å². The molecule has 2 aromatic rings. The van der Waals surface area contributed by atoms with E-state index in [0.29, 0.717) is 5.51 Å². The molecule has 13 heavy (non-hydrogen) atoms. The van der Waals surface area contributed by atoms with E-state index in [1.807, 2.05) is 24.3 Å². The molecule has 2 heteroatoms. The molecule has 0 atom stereocenters. The van der Waals surface area contributed by atoms with Crippen LogP contribution in [0.5, 0.6) is 5.75 Å². The Balaban J connectivity index is 2.61. The van der Waals surface area contributed by atoms with Crippen molar-refractivity contribution in [3.8, 4) is 5.75 Å². The summed E-state index contributed by atoms with van der Waals surface area (Å²) in [7, 11) is 0. The van der Waals surface area contributed by atoms with Crippen LogP contribution in [0.1, 0.15) is 0 Å². The van der Waals surface area contributed by atoms with Crippen LogP contribution in [-0.2, 0) is 0 Å². The molecule has 65 valence electrons. The Morgan fingerprint density at radius 1 is 1.00 bits per heavy atom. The van der Waals surface area contributed by atoms with Gasteiger partial charge in [-0.05, 0) is 0 Å². The summed E-state index contributed by atoms with van der Waals surface area (Å²) < 4.78 is 5.46. The van der Waals surface area contributed by atoms with Crippen molar-refractivity contribution in [3.63, 3.8) is 0 Å². The van der Waals surface area contributed by atoms with Crippen molar-refractivity contribution in [2.24, 2.45) is 0 Å². The van der Waals surface area contributed by atoms with Crippen LogP contribution in [0, 0.1) is 0 Å². The molecule has 0 aliphatic rings. The SMILES string of the molecule is [Se]COc1cccc2ccccc12. The van der Waals surface area contributed by atoms with Crippen molar-refractivity contribution in [3.05, 3.63) is 42.5 Å². The van der Waals surface area contributed by atoms with Gasteiger partial charge in [0, 0.05) is 0 Å². The van der Waals surface area contributed by atoms with E-state index in [-0.39, 0.29) is 0 Å². The van der Waals surface area contributed by atoms with Crippen molar-refractivity contribution in [2.75, 3.05) is 5.51 Å². The molecule has 0 amide bonds. The van der Waals surface area contributed by atoms with E-state index in [2.05, 4.69) is 34.2 Å². The summed E-state index contributed by atoms with van der Waals surface area (Å²) in [6, 6.07) is 14.3. The Morgan fingerprint density at radius 2 is 1.77 bits per heavy atom. The van der Waals surface area contributed by atoms with Gasteiger partial charge in [0.25, 0.3) is 0 Å². The molecule has 0 aliphatic heterocycles. The van der Waals surface area contributed by atoms with Gasteiger partial charge >= 0.3 is 85.2 Å². The van der Waals surface area contributed by atoms with Gasteiger partial charge in [0.1, 0.15) is 0 Å². The molecule has 0 saturated carbocycles. The summed E-state index contributed by atoms with van der Waals surface area (Å²) in [6.45, 7) is 0. The molecule has 2 rings (SSSR count). The van der Waals surface area contributed by atoms with E-state index < -0.39 is 0 Å². The predicted octanol–water partition coefficient (Wildman–Crippen LogP) is 2.34. The Hall–Kier alpha value is -0.981.